The molecule has 8 heteroatoms. The minimum absolute atomic E-state index is 0.365. The molecule has 3 rings (SSSR count). The van der Waals surface area contributed by atoms with E-state index < -0.39 is 0 Å². The molecule has 1 aromatic heterocycles. The van der Waals surface area contributed by atoms with E-state index >= 15 is 0 Å². The average molecular weight is 409 g/mol. The molecule has 0 unspecified atom stereocenters. The van der Waals surface area contributed by atoms with E-state index in [-0.39, 0.29) is 12.0 Å². The van der Waals surface area contributed by atoms with Crippen LogP contribution < -0.4 is 5.32 Å². The number of benzene rings is 1. The van der Waals surface area contributed by atoms with Gasteiger partial charge in [0.1, 0.15) is 6.04 Å². The molecule has 0 saturated heterocycles. The summed E-state index contributed by atoms with van der Waals surface area (Å²) in [5.74, 6) is 0.269. The van der Waals surface area contributed by atoms with E-state index in [2.05, 4.69) is 31.3 Å². The average Bonchev–Trinajstić information content (AvgIpc) is 3.02. The minimum atomic E-state index is -0.380. The summed E-state index contributed by atoms with van der Waals surface area (Å²) >= 11 is 4.96. The second-order valence-corrected chi connectivity index (χ2v) is 6.88. The Kier molecular flexibility index (Phi) is 4.96. The zero-order chi connectivity index (χ0) is 17.3. The second-order valence-electron chi connectivity index (χ2n) is 5.19. The molecule has 0 saturated carbocycles. The summed E-state index contributed by atoms with van der Waals surface area (Å²) in [5.41, 5.74) is 2.30. The number of allylic oxidation sites excluding steroid dienone is 1. The normalized spacial score (nSPS) is 16.6. The molecule has 24 heavy (non-hydrogen) atoms. The highest BCUT2D eigenvalue weighted by Crippen LogP contribution is 2.37. The molecule has 126 valence electrons. The number of thioether (sulfide) groups is 1. The number of esters is 1. The number of aromatic nitrogens is 3. The number of anilines is 1. The molecule has 0 bridgehead atoms. The first-order valence-electron chi connectivity index (χ1n) is 7.43. The molecule has 1 aliphatic rings. The Morgan fingerprint density at radius 2 is 2.29 bits per heavy atom. The van der Waals surface area contributed by atoms with Gasteiger partial charge in [-0.25, -0.2) is 9.48 Å². The lowest BCUT2D eigenvalue weighted by molar-refractivity contribution is -0.136. The van der Waals surface area contributed by atoms with Gasteiger partial charge in [-0.05, 0) is 30.4 Å². The molecule has 2 heterocycles. The Labute approximate surface area is 152 Å². The molecule has 1 aliphatic heterocycles. The number of methoxy groups -OCH3 is 1. The zero-order valence-corrected chi connectivity index (χ0v) is 15.9. The molecule has 1 N–H and O–H groups in total. The number of hydrogen-bond acceptors (Lipinski definition) is 6. The number of fused-ring (bicyclic) bond motifs is 1. The van der Waals surface area contributed by atoms with Crippen LogP contribution in [0.5, 0.6) is 0 Å². The van der Waals surface area contributed by atoms with Crippen molar-refractivity contribution in [2.24, 2.45) is 0 Å². The van der Waals surface area contributed by atoms with Crippen LogP contribution in [0.15, 0.2) is 45.2 Å². The van der Waals surface area contributed by atoms with Crippen LogP contribution in [0.1, 0.15) is 24.9 Å². The van der Waals surface area contributed by atoms with Crippen molar-refractivity contribution in [1.29, 1.82) is 0 Å². The van der Waals surface area contributed by atoms with Gasteiger partial charge in [0.2, 0.25) is 11.1 Å². The van der Waals surface area contributed by atoms with Crippen LogP contribution >= 0.6 is 27.7 Å². The molecular weight excluding hydrogens is 392 g/mol. The molecule has 0 amide bonds. The summed E-state index contributed by atoms with van der Waals surface area (Å²) in [5, 5.41) is 8.42. The van der Waals surface area contributed by atoms with Crippen LogP contribution in [0.3, 0.4) is 0 Å². The molecule has 0 radical (unpaired) electrons. The maximum Gasteiger partial charge on any atom is 0.338 e. The van der Waals surface area contributed by atoms with Crippen molar-refractivity contribution < 1.29 is 9.53 Å². The predicted molar refractivity (Wildman–Crippen MR) is 97.0 cm³/mol. The van der Waals surface area contributed by atoms with E-state index in [4.69, 9.17) is 4.74 Å². The summed E-state index contributed by atoms with van der Waals surface area (Å²) < 4.78 is 7.72. The number of carbonyl (C=O) groups is 1. The summed E-state index contributed by atoms with van der Waals surface area (Å²) in [6.45, 7) is 1.99. The molecule has 0 spiro atoms. The number of nitrogens with zero attached hydrogens (tertiary/aromatic N) is 3. The molecular formula is C16H17BrN4O2S. The molecule has 6 nitrogen and oxygen atoms in total. The highest BCUT2D eigenvalue weighted by Gasteiger charge is 2.35. The van der Waals surface area contributed by atoms with Crippen LogP contribution in [0.2, 0.25) is 0 Å². The molecule has 0 fully saturated rings. The number of ether oxygens (including phenoxy) is 1. The van der Waals surface area contributed by atoms with E-state index in [1.54, 1.807) is 4.68 Å². The number of rotatable bonds is 4. The van der Waals surface area contributed by atoms with E-state index in [0.29, 0.717) is 23.1 Å². The topological polar surface area (TPSA) is 69.0 Å². The lowest BCUT2D eigenvalue weighted by Gasteiger charge is -2.28. The smallest absolute Gasteiger partial charge is 0.338 e. The second kappa shape index (κ2) is 6.98. The van der Waals surface area contributed by atoms with Crippen LogP contribution in [0, 0.1) is 0 Å². The van der Waals surface area contributed by atoms with Crippen molar-refractivity contribution in [3.63, 3.8) is 0 Å². The maximum absolute atomic E-state index is 12.5. The number of nitrogens with one attached hydrogen (secondary N) is 1. The van der Waals surface area contributed by atoms with Gasteiger partial charge in [-0.3, -0.25) is 0 Å². The number of carbonyl (C=O) groups excluding carboxylic acids is 1. The van der Waals surface area contributed by atoms with Crippen molar-refractivity contribution in [2.45, 2.75) is 24.5 Å². The van der Waals surface area contributed by atoms with Gasteiger partial charge in [-0.2, -0.15) is 4.98 Å². The highest BCUT2D eigenvalue weighted by atomic mass is 79.9. The van der Waals surface area contributed by atoms with E-state index in [1.165, 1.54) is 18.9 Å². The van der Waals surface area contributed by atoms with Crippen molar-refractivity contribution in [3.8, 4) is 0 Å². The van der Waals surface area contributed by atoms with Crippen LogP contribution in [-0.4, -0.2) is 34.1 Å². The van der Waals surface area contributed by atoms with Gasteiger partial charge in [0.25, 0.3) is 0 Å². The van der Waals surface area contributed by atoms with E-state index in [9.17, 15) is 4.79 Å². The lowest BCUT2D eigenvalue weighted by Crippen LogP contribution is -2.30. The third-order valence-corrected chi connectivity index (χ3v) is 4.85. The van der Waals surface area contributed by atoms with Gasteiger partial charge in [-0.15, -0.1) is 5.10 Å². The first kappa shape index (κ1) is 17.0. The SMILES string of the molecule is CCC1=C(C(=O)OC)[C@@H](c2cccc(Br)c2)n2nc(SC)nc2N1. The zero-order valence-electron chi connectivity index (χ0n) is 13.5. The first-order chi connectivity index (χ1) is 11.6. The van der Waals surface area contributed by atoms with Crippen LogP contribution in [0.25, 0.3) is 0 Å². The Balaban J connectivity index is 2.23. The van der Waals surface area contributed by atoms with Gasteiger partial charge in [0.15, 0.2) is 0 Å². The van der Waals surface area contributed by atoms with E-state index in [0.717, 1.165) is 15.7 Å². The third kappa shape index (κ3) is 2.95. The van der Waals surface area contributed by atoms with Gasteiger partial charge >= 0.3 is 5.97 Å². The van der Waals surface area contributed by atoms with Crippen molar-refractivity contribution in [1.82, 2.24) is 14.8 Å². The summed E-state index contributed by atoms with van der Waals surface area (Å²) in [4.78, 5) is 17.0. The third-order valence-electron chi connectivity index (χ3n) is 3.82. The lowest BCUT2D eigenvalue weighted by atomic mass is 9.95. The summed E-state index contributed by atoms with van der Waals surface area (Å²) in [6, 6.07) is 7.46. The van der Waals surface area contributed by atoms with Gasteiger partial charge in [0, 0.05) is 10.2 Å². The largest absolute Gasteiger partial charge is 0.466 e. The minimum Gasteiger partial charge on any atom is -0.466 e. The monoisotopic (exact) mass is 408 g/mol. The van der Waals surface area contributed by atoms with E-state index in [1.807, 2.05) is 37.4 Å². The van der Waals surface area contributed by atoms with Crippen LogP contribution in [-0.2, 0) is 9.53 Å². The fraction of sp³-hybridized carbons (Fsp3) is 0.312. The van der Waals surface area contributed by atoms with Gasteiger partial charge < -0.3 is 10.1 Å². The van der Waals surface area contributed by atoms with Crippen LogP contribution in [0.4, 0.5) is 5.95 Å². The first-order valence-corrected chi connectivity index (χ1v) is 9.45. The Hall–Kier alpha value is -1.80. The van der Waals surface area contributed by atoms with Crippen molar-refractivity contribution in [3.05, 3.63) is 45.6 Å². The molecule has 0 aliphatic carbocycles. The van der Waals surface area contributed by atoms with Gasteiger partial charge in [-0.1, -0.05) is 46.7 Å². The standard InChI is InChI=1S/C16H17BrN4O2S/c1-4-11-12(14(22)23-2)13(9-6-5-7-10(17)8-9)21-15(18-11)19-16(20-21)24-3/h5-8,13H,4H2,1-3H3,(H,18,19,20)/t13-/m1/s1. The molecule has 2 aromatic rings. The fourth-order valence-electron chi connectivity index (χ4n) is 2.75. The number of halogens is 1. The quantitative estimate of drug-likeness (QED) is 0.615. The number of hydrogen-bond donors (Lipinski definition) is 1. The summed E-state index contributed by atoms with van der Waals surface area (Å²) in [7, 11) is 1.39. The van der Waals surface area contributed by atoms with Crippen molar-refractivity contribution >= 4 is 39.6 Å². The Bertz CT molecular complexity index is 818. The Morgan fingerprint density at radius 3 is 2.92 bits per heavy atom. The molecule has 1 aromatic carbocycles. The fourth-order valence-corrected chi connectivity index (χ4v) is 3.52. The Morgan fingerprint density at radius 1 is 1.50 bits per heavy atom. The molecule has 1 atom stereocenters. The predicted octanol–water partition coefficient (Wildman–Crippen LogP) is 3.61. The summed E-state index contributed by atoms with van der Waals surface area (Å²) in [6.07, 6.45) is 2.58. The van der Waals surface area contributed by atoms with Gasteiger partial charge in [0.05, 0.1) is 12.7 Å². The maximum atomic E-state index is 12.5. The highest BCUT2D eigenvalue weighted by molar-refractivity contribution is 9.10. The van der Waals surface area contributed by atoms with Crippen molar-refractivity contribution in [2.75, 3.05) is 18.7 Å².